The summed E-state index contributed by atoms with van der Waals surface area (Å²) in [7, 11) is 3.71. The van der Waals surface area contributed by atoms with E-state index in [1.165, 1.54) is 5.56 Å². The molecule has 0 radical (unpaired) electrons. The number of halogens is 1. The Labute approximate surface area is 116 Å². The van der Waals surface area contributed by atoms with Crippen molar-refractivity contribution < 1.29 is 4.74 Å². The number of nitrogens with one attached hydrogen (secondary N) is 1. The highest BCUT2D eigenvalue weighted by Gasteiger charge is 2.22. The fourth-order valence-electron chi connectivity index (χ4n) is 2.40. The zero-order valence-corrected chi connectivity index (χ0v) is 12.8. The van der Waals surface area contributed by atoms with E-state index in [2.05, 4.69) is 26.1 Å². The predicted octanol–water partition coefficient (Wildman–Crippen LogP) is 3.92. The largest absolute Gasteiger partial charge is 0.496 e. The van der Waals surface area contributed by atoms with Crippen molar-refractivity contribution in [3.8, 4) is 5.75 Å². The third-order valence-electron chi connectivity index (χ3n) is 3.26. The van der Waals surface area contributed by atoms with Crippen molar-refractivity contribution >= 4 is 11.6 Å². The van der Waals surface area contributed by atoms with E-state index in [0.29, 0.717) is 6.04 Å². The van der Waals surface area contributed by atoms with Crippen molar-refractivity contribution in [2.24, 2.45) is 5.41 Å². The van der Waals surface area contributed by atoms with Gasteiger partial charge in [0.15, 0.2) is 0 Å². The predicted molar refractivity (Wildman–Crippen MR) is 78.6 cm³/mol. The van der Waals surface area contributed by atoms with Crippen LogP contribution in [0.25, 0.3) is 0 Å². The lowest BCUT2D eigenvalue weighted by Crippen LogP contribution is -2.29. The van der Waals surface area contributed by atoms with Gasteiger partial charge in [0.25, 0.3) is 0 Å². The molecule has 1 rings (SSSR count). The quantitative estimate of drug-likeness (QED) is 0.845. The zero-order valence-electron chi connectivity index (χ0n) is 12.0. The van der Waals surface area contributed by atoms with Crippen LogP contribution in [-0.2, 0) is 6.42 Å². The van der Waals surface area contributed by atoms with Crippen LogP contribution in [0.3, 0.4) is 0 Å². The van der Waals surface area contributed by atoms with Crippen LogP contribution in [0, 0.1) is 5.41 Å². The molecule has 0 aromatic heterocycles. The van der Waals surface area contributed by atoms with Crippen LogP contribution in [0.2, 0.25) is 5.02 Å². The minimum absolute atomic E-state index is 0.209. The maximum atomic E-state index is 6.07. The Morgan fingerprint density at radius 3 is 2.61 bits per heavy atom. The van der Waals surface area contributed by atoms with Crippen molar-refractivity contribution in [2.45, 2.75) is 39.7 Å². The van der Waals surface area contributed by atoms with Crippen LogP contribution >= 0.6 is 11.6 Å². The van der Waals surface area contributed by atoms with Gasteiger partial charge in [-0.15, -0.1) is 0 Å². The molecule has 18 heavy (non-hydrogen) atoms. The van der Waals surface area contributed by atoms with Crippen LogP contribution in [0.4, 0.5) is 0 Å². The molecular weight excluding hydrogens is 246 g/mol. The molecule has 0 aliphatic heterocycles. The van der Waals surface area contributed by atoms with Crippen LogP contribution in [0.15, 0.2) is 18.2 Å². The summed E-state index contributed by atoms with van der Waals surface area (Å²) in [6, 6.07) is 6.32. The Hall–Kier alpha value is -0.730. The lowest BCUT2D eigenvalue weighted by atomic mass is 9.80. The lowest BCUT2D eigenvalue weighted by Gasteiger charge is -2.28. The van der Waals surface area contributed by atoms with Gasteiger partial charge in [-0.1, -0.05) is 25.4 Å². The van der Waals surface area contributed by atoms with Gasteiger partial charge in [0, 0.05) is 11.1 Å². The molecule has 0 bridgehead atoms. The topological polar surface area (TPSA) is 21.3 Å². The second kappa shape index (κ2) is 6.44. The summed E-state index contributed by atoms with van der Waals surface area (Å²) in [5.41, 5.74) is 1.39. The summed E-state index contributed by atoms with van der Waals surface area (Å²) < 4.78 is 5.40. The monoisotopic (exact) mass is 269 g/mol. The molecule has 2 nitrogen and oxygen atoms in total. The van der Waals surface area contributed by atoms with Crippen molar-refractivity contribution in [2.75, 3.05) is 14.2 Å². The molecule has 1 unspecified atom stereocenters. The fraction of sp³-hybridized carbons (Fsp3) is 0.600. The first-order valence-electron chi connectivity index (χ1n) is 6.37. The lowest BCUT2D eigenvalue weighted by molar-refractivity contribution is 0.288. The molecule has 0 heterocycles. The number of benzene rings is 1. The Bertz CT molecular complexity index is 390. The van der Waals surface area contributed by atoms with Gasteiger partial charge >= 0.3 is 0 Å². The van der Waals surface area contributed by atoms with Crippen LogP contribution in [-0.4, -0.2) is 20.2 Å². The second-order valence-corrected chi connectivity index (χ2v) is 6.13. The highest BCUT2D eigenvalue weighted by Crippen LogP contribution is 2.32. The van der Waals surface area contributed by atoms with Crippen molar-refractivity contribution in [1.29, 1.82) is 0 Å². The molecular formula is C15H24ClNO. The molecule has 0 saturated heterocycles. The molecule has 1 atom stereocenters. The van der Waals surface area contributed by atoms with E-state index in [-0.39, 0.29) is 5.41 Å². The van der Waals surface area contributed by atoms with Crippen LogP contribution < -0.4 is 10.1 Å². The van der Waals surface area contributed by atoms with E-state index in [9.17, 15) is 0 Å². The van der Waals surface area contributed by atoms with E-state index in [1.54, 1.807) is 7.11 Å². The molecule has 0 fully saturated rings. The number of ether oxygens (including phenoxy) is 1. The van der Waals surface area contributed by atoms with Gasteiger partial charge in [-0.2, -0.15) is 0 Å². The first kappa shape index (κ1) is 15.3. The Balaban J connectivity index is 2.85. The van der Waals surface area contributed by atoms with E-state index in [4.69, 9.17) is 16.3 Å². The number of hydrogen-bond acceptors (Lipinski definition) is 2. The number of rotatable bonds is 6. The zero-order chi connectivity index (χ0) is 13.8. The van der Waals surface area contributed by atoms with Crippen molar-refractivity contribution in [3.05, 3.63) is 28.8 Å². The SMILES string of the molecule is CNC(C)CC(C)(C)Cc1cc(Cl)ccc1OC. The Morgan fingerprint density at radius 1 is 1.39 bits per heavy atom. The third kappa shape index (κ3) is 4.51. The molecule has 0 saturated carbocycles. The summed E-state index contributed by atoms with van der Waals surface area (Å²) in [5.74, 6) is 0.921. The molecule has 0 spiro atoms. The summed E-state index contributed by atoms with van der Waals surface area (Å²) in [6.07, 6.45) is 2.07. The van der Waals surface area contributed by atoms with Gasteiger partial charge in [0.2, 0.25) is 0 Å². The van der Waals surface area contributed by atoms with E-state index >= 15 is 0 Å². The van der Waals surface area contributed by atoms with E-state index < -0.39 is 0 Å². The van der Waals surface area contributed by atoms with Crippen LogP contribution in [0.1, 0.15) is 32.8 Å². The maximum Gasteiger partial charge on any atom is 0.122 e. The molecule has 0 aliphatic carbocycles. The number of hydrogen-bond donors (Lipinski definition) is 1. The van der Waals surface area contributed by atoms with Crippen molar-refractivity contribution in [3.63, 3.8) is 0 Å². The summed E-state index contributed by atoms with van der Waals surface area (Å²) in [4.78, 5) is 0. The van der Waals surface area contributed by atoms with Gasteiger partial charge in [0.05, 0.1) is 7.11 Å². The first-order chi connectivity index (χ1) is 8.38. The summed E-state index contributed by atoms with van der Waals surface area (Å²) >= 11 is 6.07. The van der Waals surface area contributed by atoms with Gasteiger partial charge in [0.1, 0.15) is 5.75 Å². The van der Waals surface area contributed by atoms with Gasteiger partial charge < -0.3 is 10.1 Å². The maximum absolute atomic E-state index is 6.07. The second-order valence-electron chi connectivity index (χ2n) is 5.69. The Kier molecular flexibility index (Phi) is 5.48. The fourth-order valence-corrected chi connectivity index (χ4v) is 2.60. The minimum Gasteiger partial charge on any atom is -0.496 e. The summed E-state index contributed by atoms with van der Waals surface area (Å²) in [5, 5.41) is 4.06. The molecule has 3 heteroatoms. The minimum atomic E-state index is 0.209. The normalized spacial score (nSPS) is 13.4. The molecule has 1 aromatic rings. The van der Waals surface area contributed by atoms with E-state index in [1.807, 2.05) is 25.2 Å². The third-order valence-corrected chi connectivity index (χ3v) is 3.50. The number of methoxy groups -OCH3 is 1. The molecule has 0 amide bonds. The van der Waals surface area contributed by atoms with Gasteiger partial charge in [-0.3, -0.25) is 0 Å². The standard InChI is InChI=1S/C15H24ClNO/c1-11(17-4)9-15(2,3)10-12-8-13(16)6-7-14(12)18-5/h6-8,11,17H,9-10H2,1-5H3. The molecule has 0 aliphatic rings. The molecule has 1 N–H and O–H groups in total. The van der Waals surface area contributed by atoms with Gasteiger partial charge in [-0.05, 0) is 56.0 Å². The van der Waals surface area contributed by atoms with E-state index in [0.717, 1.165) is 23.6 Å². The molecule has 1 aromatic carbocycles. The average molecular weight is 270 g/mol. The highest BCUT2D eigenvalue weighted by atomic mass is 35.5. The van der Waals surface area contributed by atoms with Crippen LogP contribution in [0.5, 0.6) is 5.75 Å². The Morgan fingerprint density at radius 2 is 2.06 bits per heavy atom. The smallest absolute Gasteiger partial charge is 0.122 e. The summed E-state index contributed by atoms with van der Waals surface area (Å²) in [6.45, 7) is 6.76. The van der Waals surface area contributed by atoms with Gasteiger partial charge in [-0.25, -0.2) is 0 Å². The highest BCUT2D eigenvalue weighted by molar-refractivity contribution is 6.30. The van der Waals surface area contributed by atoms with Crippen molar-refractivity contribution in [1.82, 2.24) is 5.32 Å². The molecule has 102 valence electrons. The first-order valence-corrected chi connectivity index (χ1v) is 6.75. The average Bonchev–Trinajstić information content (AvgIpc) is 2.28.